The van der Waals surface area contributed by atoms with E-state index in [-0.39, 0.29) is 5.91 Å². The number of nitrogens with two attached hydrogens (primary N) is 1. The highest BCUT2D eigenvalue weighted by Crippen LogP contribution is 1.95. The number of hydrogen-bond donors (Lipinski definition) is 2. The van der Waals surface area contributed by atoms with E-state index in [0.29, 0.717) is 13.2 Å². The summed E-state index contributed by atoms with van der Waals surface area (Å²) in [6, 6.07) is 0. The standard InChI is InChI=1S/C6H12N2O2/c7-6(9)5-4-8-2-1-3-10-5/h5,8H,1-4H2,(H2,7,9)/t5-/m0/s1. The fourth-order valence-electron chi connectivity index (χ4n) is 0.898. The molecule has 0 saturated carbocycles. The van der Waals surface area contributed by atoms with E-state index < -0.39 is 6.10 Å². The van der Waals surface area contributed by atoms with Gasteiger partial charge in [0.05, 0.1) is 0 Å². The molecule has 0 bridgehead atoms. The quantitative estimate of drug-likeness (QED) is 0.488. The molecular formula is C6H12N2O2. The first-order valence-corrected chi connectivity index (χ1v) is 3.42. The molecule has 1 saturated heterocycles. The van der Waals surface area contributed by atoms with E-state index >= 15 is 0 Å². The van der Waals surface area contributed by atoms with Gasteiger partial charge in [-0.1, -0.05) is 0 Å². The second-order valence-corrected chi connectivity index (χ2v) is 2.32. The van der Waals surface area contributed by atoms with E-state index in [4.69, 9.17) is 10.5 Å². The Kier molecular flexibility index (Phi) is 2.65. The summed E-state index contributed by atoms with van der Waals surface area (Å²) in [5.74, 6) is -0.380. The summed E-state index contributed by atoms with van der Waals surface area (Å²) >= 11 is 0. The molecule has 10 heavy (non-hydrogen) atoms. The van der Waals surface area contributed by atoms with Gasteiger partial charge < -0.3 is 15.8 Å². The summed E-state index contributed by atoms with van der Waals surface area (Å²) in [5.41, 5.74) is 5.03. The van der Waals surface area contributed by atoms with Crippen LogP contribution in [0.5, 0.6) is 0 Å². The van der Waals surface area contributed by atoms with Crippen LogP contribution in [0.15, 0.2) is 0 Å². The zero-order valence-corrected chi connectivity index (χ0v) is 5.80. The molecular weight excluding hydrogens is 132 g/mol. The third kappa shape index (κ3) is 1.97. The van der Waals surface area contributed by atoms with Crippen LogP contribution >= 0.6 is 0 Å². The van der Waals surface area contributed by atoms with Gasteiger partial charge in [0, 0.05) is 13.2 Å². The number of nitrogens with one attached hydrogen (secondary N) is 1. The van der Waals surface area contributed by atoms with Crippen LogP contribution < -0.4 is 11.1 Å². The summed E-state index contributed by atoms with van der Waals surface area (Å²) < 4.78 is 5.13. The predicted octanol–water partition coefficient (Wildman–Crippen LogP) is -1.15. The van der Waals surface area contributed by atoms with E-state index in [1.54, 1.807) is 0 Å². The number of rotatable bonds is 1. The molecule has 3 N–H and O–H groups in total. The maximum absolute atomic E-state index is 10.6. The van der Waals surface area contributed by atoms with Crippen LogP contribution in [0.1, 0.15) is 6.42 Å². The molecule has 4 nitrogen and oxygen atoms in total. The van der Waals surface area contributed by atoms with Crippen molar-refractivity contribution >= 4 is 5.91 Å². The van der Waals surface area contributed by atoms with Gasteiger partial charge in [-0.15, -0.1) is 0 Å². The lowest BCUT2D eigenvalue weighted by molar-refractivity contribution is -0.128. The molecule has 1 rings (SSSR count). The van der Waals surface area contributed by atoms with Gasteiger partial charge in [0.15, 0.2) is 0 Å². The first-order chi connectivity index (χ1) is 4.80. The fourth-order valence-corrected chi connectivity index (χ4v) is 0.898. The van der Waals surface area contributed by atoms with Gasteiger partial charge in [-0.3, -0.25) is 4.79 Å². The van der Waals surface area contributed by atoms with Gasteiger partial charge in [0.25, 0.3) is 0 Å². The zero-order valence-electron chi connectivity index (χ0n) is 5.80. The van der Waals surface area contributed by atoms with Crippen molar-refractivity contribution in [2.24, 2.45) is 5.73 Å². The summed E-state index contributed by atoms with van der Waals surface area (Å²) in [6.07, 6.45) is 0.520. The molecule has 1 aliphatic rings. The average Bonchev–Trinajstić information content (AvgIpc) is 2.12. The zero-order chi connectivity index (χ0) is 7.40. The van der Waals surface area contributed by atoms with Crippen molar-refractivity contribution in [3.8, 4) is 0 Å². The fraction of sp³-hybridized carbons (Fsp3) is 0.833. The Balaban J connectivity index is 2.35. The first-order valence-electron chi connectivity index (χ1n) is 3.42. The maximum Gasteiger partial charge on any atom is 0.247 e. The predicted molar refractivity (Wildman–Crippen MR) is 36.4 cm³/mol. The largest absolute Gasteiger partial charge is 0.367 e. The van der Waals surface area contributed by atoms with Gasteiger partial charge in [0.2, 0.25) is 5.91 Å². The van der Waals surface area contributed by atoms with Crippen molar-refractivity contribution in [3.63, 3.8) is 0 Å². The Hall–Kier alpha value is -0.610. The number of carbonyl (C=O) groups is 1. The third-order valence-corrected chi connectivity index (χ3v) is 1.46. The Labute approximate surface area is 59.7 Å². The lowest BCUT2D eigenvalue weighted by Gasteiger charge is -2.09. The first kappa shape index (κ1) is 7.50. The SMILES string of the molecule is NC(=O)[C@@H]1CNCCCO1. The molecule has 4 heteroatoms. The molecule has 0 spiro atoms. The van der Waals surface area contributed by atoms with E-state index in [2.05, 4.69) is 5.32 Å². The van der Waals surface area contributed by atoms with Crippen molar-refractivity contribution in [1.82, 2.24) is 5.32 Å². The van der Waals surface area contributed by atoms with Crippen LogP contribution in [0.4, 0.5) is 0 Å². The van der Waals surface area contributed by atoms with Crippen molar-refractivity contribution in [2.45, 2.75) is 12.5 Å². The molecule has 0 aliphatic carbocycles. The van der Waals surface area contributed by atoms with Crippen LogP contribution in [0.2, 0.25) is 0 Å². The molecule has 0 aromatic heterocycles. The van der Waals surface area contributed by atoms with Crippen LogP contribution in [-0.2, 0) is 9.53 Å². The second kappa shape index (κ2) is 3.53. The molecule has 0 unspecified atom stereocenters. The molecule has 1 amide bonds. The van der Waals surface area contributed by atoms with Gasteiger partial charge in [-0.25, -0.2) is 0 Å². The van der Waals surface area contributed by atoms with E-state index in [0.717, 1.165) is 13.0 Å². The molecule has 58 valence electrons. The molecule has 1 fully saturated rings. The smallest absolute Gasteiger partial charge is 0.247 e. The number of primary amides is 1. The normalized spacial score (nSPS) is 27.4. The van der Waals surface area contributed by atoms with Crippen molar-refractivity contribution in [3.05, 3.63) is 0 Å². The lowest BCUT2D eigenvalue weighted by Crippen LogP contribution is -2.37. The summed E-state index contributed by atoms with van der Waals surface area (Å²) in [4.78, 5) is 10.6. The molecule has 0 radical (unpaired) electrons. The van der Waals surface area contributed by atoms with Gasteiger partial charge in [0.1, 0.15) is 6.10 Å². The van der Waals surface area contributed by atoms with E-state index in [9.17, 15) is 4.79 Å². The van der Waals surface area contributed by atoms with Crippen molar-refractivity contribution in [2.75, 3.05) is 19.7 Å². The highest BCUT2D eigenvalue weighted by molar-refractivity contribution is 5.79. The maximum atomic E-state index is 10.6. The van der Waals surface area contributed by atoms with Crippen LogP contribution in [-0.4, -0.2) is 31.7 Å². The van der Waals surface area contributed by atoms with Gasteiger partial charge in [-0.2, -0.15) is 0 Å². The molecule has 0 aromatic carbocycles. The summed E-state index contributed by atoms with van der Waals surface area (Å²) in [5, 5.41) is 3.05. The molecule has 1 heterocycles. The molecule has 1 atom stereocenters. The Morgan fingerprint density at radius 3 is 3.20 bits per heavy atom. The van der Waals surface area contributed by atoms with Crippen molar-refractivity contribution in [1.29, 1.82) is 0 Å². The number of amides is 1. The Morgan fingerprint density at radius 1 is 1.70 bits per heavy atom. The minimum atomic E-state index is -0.428. The highest BCUT2D eigenvalue weighted by Gasteiger charge is 2.16. The van der Waals surface area contributed by atoms with E-state index in [1.807, 2.05) is 0 Å². The van der Waals surface area contributed by atoms with Crippen molar-refractivity contribution < 1.29 is 9.53 Å². The third-order valence-electron chi connectivity index (χ3n) is 1.46. The molecule has 0 aromatic rings. The Bertz CT molecular complexity index is 119. The molecule has 1 aliphatic heterocycles. The monoisotopic (exact) mass is 144 g/mol. The number of carbonyl (C=O) groups excluding carboxylic acids is 1. The lowest BCUT2D eigenvalue weighted by atomic mass is 10.3. The topological polar surface area (TPSA) is 64.4 Å². The van der Waals surface area contributed by atoms with Crippen LogP contribution in [0, 0.1) is 0 Å². The van der Waals surface area contributed by atoms with Gasteiger partial charge >= 0.3 is 0 Å². The Morgan fingerprint density at radius 2 is 2.50 bits per heavy atom. The van der Waals surface area contributed by atoms with Gasteiger partial charge in [-0.05, 0) is 13.0 Å². The van der Waals surface area contributed by atoms with E-state index in [1.165, 1.54) is 0 Å². The minimum absolute atomic E-state index is 0.380. The average molecular weight is 144 g/mol. The summed E-state index contributed by atoms with van der Waals surface area (Å²) in [6.45, 7) is 2.08. The van der Waals surface area contributed by atoms with Crippen LogP contribution in [0.3, 0.4) is 0 Å². The number of ether oxygens (including phenoxy) is 1. The highest BCUT2D eigenvalue weighted by atomic mass is 16.5. The summed E-state index contributed by atoms with van der Waals surface area (Å²) in [7, 11) is 0. The van der Waals surface area contributed by atoms with Crippen LogP contribution in [0.25, 0.3) is 0 Å². The number of hydrogen-bond acceptors (Lipinski definition) is 3. The minimum Gasteiger partial charge on any atom is -0.367 e. The second-order valence-electron chi connectivity index (χ2n) is 2.32.